The second kappa shape index (κ2) is 6.89. The molecule has 0 radical (unpaired) electrons. The van der Waals surface area contributed by atoms with E-state index in [9.17, 15) is 9.59 Å². The summed E-state index contributed by atoms with van der Waals surface area (Å²) in [6, 6.07) is 6.59. The number of nitrogens with zero attached hydrogens (tertiary/aromatic N) is 1. The second-order valence-electron chi connectivity index (χ2n) is 9.51. The molecule has 1 aromatic rings. The summed E-state index contributed by atoms with van der Waals surface area (Å²) >= 11 is 0. The maximum Gasteiger partial charge on any atom is 0.526 e. The van der Waals surface area contributed by atoms with Gasteiger partial charge in [0, 0.05) is 22.3 Å². The number of carbonyl (C=O) groups excluding carboxylic acids is 2. The van der Waals surface area contributed by atoms with E-state index in [1.165, 1.54) is 55.6 Å². The van der Waals surface area contributed by atoms with Gasteiger partial charge >= 0.3 is 6.09 Å². The molecule has 4 heteroatoms. The van der Waals surface area contributed by atoms with Crippen molar-refractivity contribution < 1.29 is 18.8 Å². The van der Waals surface area contributed by atoms with Crippen LogP contribution in [-0.4, -0.2) is 30.0 Å². The topological polar surface area (TPSA) is 43.4 Å². The van der Waals surface area contributed by atoms with Crippen LogP contribution in [0.2, 0.25) is 0 Å². The molecule has 3 aliphatic carbocycles. The van der Waals surface area contributed by atoms with Gasteiger partial charge in [0.15, 0.2) is 6.04 Å². The van der Waals surface area contributed by atoms with E-state index < -0.39 is 0 Å². The molecule has 0 spiro atoms. The Kier molecular flexibility index (Phi) is 4.23. The number of methoxy groups -OCH3 is 1. The second-order valence-corrected chi connectivity index (χ2v) is 9.51. The molecule has 4 nitrogen and oxygen atoms in total. The zero-order valence-electron chi connectivity index (χ0n) is 18.0. The van der Waals surface area contributed by atoms with Crippen molar-refractivity contribution in [3.8, 4) is 0 Å². The summed E-state index contributed by atoms with van der Waals surface area (Å²) in [4.78, 5) is 25.4. The van der Waals surface area contributed by atoms with Crippen molar-refractivity contribution in [1.29, 1.82) is 0 Å². The van der Waals surface area contributed by atoms with Crippen molar-refractivity contribution in [2.45, 2.75) is 56.9 Å². The molecular weight excluding hydrogens is 386 g/mol. The molecule has 2 aliphatic heterocycles. The lowest BCUT2D eigenvalue weighted by Crippen LogP contribution is -2.53. The smallest absolute Gasteiger partial charge is 0.423 e. The van der Waals surface area contributed by atoms with Gasteiger partial charge in [0.25, 0.3) is 0 Å². The highest BCUT2D eigenvalue weighted by Crippen LogP contribution is 2.54. The Balaban J connectivity index is 1.66. The number of amides is 1. The Morgan fingerprint density at radius 1 is 1.19 bits per heavy atom. The van der Waals surface area contributed by atoms with E-state index in [1.807, 2.05) is 6.08 Å². The molecule has 1 saturated carbocycles. The summed E-state index contributed by atoms with van der Waals surface area (Å²) in [6.45, 7) is 0. The number of aldehydes is 1. The minimum Gasteiger partial charge on any atom is -0.423 e. The molecule has 3 atom stereocenters. The molecule has 1 amide bonds. The number of hydrogen-bond donors (Lipinski definition) is 0. The number of carbonyl (C=O) groups is 2. The normalized spacial score (nSPS) is 30.9. The Morgan fingerprint density at radius 3 is 2.81 bits per heavy atom. The Morgan fingerprint density at radius 2 is 2.03 bits per heavy atom. The van der Waals surface area contributed by atoms with Crippen LogP contribution in [0.15, 0.2) is 53.3 Å². The molecule has 5 aliphatic rings. The summed E-state index contributed by atoms with van der Waals surface area (Å²) in [7, 11) is 1.48. The van der Waals surface area contributed by atoms with Crippen LogP contribution in [0, 0.1) is 5.92 Å². The van der Waals surface area contributed by atoms with Crippen molar-refractivity contribution in [2.75, 3.05) is 7.11 Å². The maximum atomic E-state index is 13.5. The number of ether oxygens (including phenoxy) is 1. The highest BCUT2D eigenvalue weighted by molar-refractivity contribution is 5.80. The zero-order valence-corrected chi connectivity index (χ0v) is 18.0. The predicted octanol–water partition coefficient (Wildman–Crippen LogP) is 3.96. The molecule has 1 aromatic carbocycles. The molecule has 1 fully saturated rings. The average molecular weight is 415 g/mol. The summed E-state index contributed by atoms with van der Waals surface area (Å²) < 4.78 is 5.52. The number of quaternary nitrogens is 1. The Hall–Kier alpha value is -2.72. The van der Waals surface area contributed by atoms with Gasteiger partial charge in [-0.1, -0.05) is 37.5 Å². The van der Waals surface area contributed by atoms with Gasteiger partial charge in [-0.3, -0.25) is 0 Å². The van der Waals surface area contributed by atoms with Crippen molar-refractivity contribution in [3.63, 3.8) is 0 Å². The van der Waals surface area contributed by atoms with Crippen LogP contribution in [0.1, 0.15) is 56.4 Å². The molecule has 2 unspecified atom stereocenters. The van der Waals surface area contributed by atoms with E-state index >= 15 is 0 Å². The number of hydrogen-bond acceptors (Lipinski definition) is 3. The minimum absolute atomic E-state index is 0.0309. The van der Waals surface area contributed by atoms with Crippen molar-refractivity contribution in [1.82, 2.24) is 0 Å². The zero-order chi connectivity index (χ0) is 21.2. The van der Waals surface area contributed by atoms with Crippen LogP contribution in [0.4, 0.5) is 4.79 Å². The molecular formula is C27H28NO3+. The summed E-state index contributed by atoms with van der Waals surface area (Å²) in [5.41, 5.74) is 5.75. The standard InChI is InChI=1S/C27H28NO3/c1-31-27(30)28-24-12-5-9-18(16-29)22(24)15-26(28)21-11-6-10-20(17-7-3-2-4-8-17)23(21)13-19-14-25(19)28/h5-6,10-14,16-18,25H,2-4,7-9,15H2,1H3/q+1/t18-,25?,28?/m1/s1. The fraction of sp³-hybridized carbons (Fsp3) is 0.407. The third kappa shape index (κ3) is 2.51. The van der Waals surface area contributed by atoms with Gasteiger partial charge in [0.2, 0.25) is 0 Å². The van der Waals surface area contributed by atoms with Crippen molar-refractivity contribution >= 4 is 24.2 Å². The van der Waals surface area contributed by atoms with E-state index in [4.69, 9.17) is 4.74 Å². The predicted molar refractivity (Wildman–Crippen MR) is 119 cm³/mol. The number of benzene rings is 1. The molecule has 158 valence electrons. The van der Waals surface area contributed by atoms with Gasteiger partial charge in [-0.25, -0.2) is 0 Å². The van der Waals surface area contributed by atoms with Gasteiger partial charge in [-0.05, 0) is 60.3 Å². The van der Waals surface area contributed by atoms with E-state index in [1.54, 1.807) is 0 Å². The molecule has 0 aromatic heterocycles. The summed E-state index contributed by atoms with van der Waals surface area (Å²) in [5.74, 6) is 0.429. The van der Waals surface area contributed by atoms with Crippen molar-refractivity contribution in [3.05, 3.63) is 69.3 Å². The molecule has 31 heavy (non-hydrogen) atoms. The van der Waals surface area contributed by atoms with E-state index in [-0.39, 0.29) is 22.5 Å². The SMILES string of the molecule is COC(=O)[N+]12C3=C(CC1=c1cccc(C4CCCCC4)c1=CC1=CC12)[C@@H](C=O)CC=C3. The van der Waals surface area contributed by atoms with Gasteiger partial charge < -0.3 is 9.53 Å². The van der Waals surface area contributed by atoms with Gasteiger partial charge in [0.1, 0.15) is 17.7 Å². The number of rotatable bonds is 2. The molecule has 0 N–H and O–H groups in total. The summed E-state index contributed by atoms with van der Waals surface area (Å²) in [5, 5.41) is 2.45. The Bertz CT molecular complexity index is 1210. The van der Waals surface area contributed by atoms with Crippen LogP contribution in [0.25, 0.3) is 11.8 Å². The molecule has 0 bridgehead atoms. The maximum absolute atomic E-state index is 13.5. The first-order valence-corrected chi connectivity index (χ1v) is 11.6. The van der Waals surface area contributed by atoms with Crippen molar-refractivity contribution in [2.24, 2.45) is 5.92 Å². The van der Waals surface area contributed by atoms with Gasteiger partial charge in [-0.2, -0.15) is 9.28 Å². The Labute approximate surface area is 182 Å². The lowest BCUT2D eigenvalue weighted by molar-refractivity contribution is -0.748. The first-order valence-electron chi connectivity index (χ1n) is 11.6. The summed E-state index contributed by atoms with van der Waals surface area (Å²) in [6.07, 6.45) is 17.2. The minimum atomic E-state index is -0.253. The van der Waals surface area contributed by atoms with Crippen LogP contribution in [0.3, 0.4) is 0 Å². The van der Waals surface area contributed by atoms with E-state index in [0.29, 0.717) is 18.8 Å². The largest absolute Gasteiger partial charge is 0.526 e. The number of allylic oxidation sites excluding steroid dienone is 2. The fourth-order valence-electron chi connectivity index (χ4n) is 6.52. The van der Waals surface area contributed by atoms with Crippen LogP contribution < -0.4 is 10.4 Å². The third-order valence-corrected chi connectivity index (χ3v) is 8.04. The lowest BCUT2D eigenvalue weighted by Gasteiger charge is -2.33. The molecule has 2 heterocycles. The molecule has 6 rings (SSSR count). The monoisotopic (exact) mass is 414 g/mol. The van der Waals surface area contributed by atoms with E-state index in [0.717, 1.165) is 28.5 Å². The quantitative estimate of drug-likeness (QED) is 0.543. The van der Waals surface area contributed by atoms with Crippen LogP contribution in [0.5, 0.6) is 0 Å². The van der Waals surface area contributed by atoms with Crippen LogP contribution >= 0.6 is 0 Å². The van der Waals surface area contributed by atoms with Gasteiger partial charge in [-0.15, -0.1) is 0 Å². The number of fused-ring (bicyclic) bond motifs is 5. The fourth-order valence-corrected chi connectivity index (χ4v) is 6.52. The first-order chi connectivity index (χ1) is 15.2. The van der Waals surface area contributed by atoms with Gasteiger partial charge in [0.05, 0.1) is 13.5 Å². The van der Waals surface area contributed by atoms with E-state index in [2.05, 4.69) is 36.4 Å². The highest BCUT2D eigenvalue weighted by Gasteiger charge is 2.63. The first kappa shape index (κ1) is 19.0. The highest BCUT2D eigenvalue weighted by atomic mass is 16.5. The average Bonchev–Trinajstić information content (AvgIpc) is 3.52. The lowest BCUT2D eigenvalue weighted by atomic mass is 9.82. The molecule has 0 saturated heterocycles. The third-order valence-electron chi connectivity index (χ3n) is 8.04. The van der Waals surface area contributed by atoms with Crippen LogP contribution in [-0.2, 0) is 9.53 Å².